The average molecular weight is 175 g/mol. The highest BCUT2D eigenvalue weighted by molar-refractivity contribution is 5.19. The lowest BCUT2D eigenvalue weighted by Crippen LogP contribution is -1.88. The molecule has 1 aliphatic rings. The van der Waals surface area contributed by atoms with Crippen LogP contribution in [0.2, 0.25) is 0 Å². The molecule has 2 unspecified atom stereocenters. The molecule has 0 saturated carbocycles. The maximum absolute atomic E-state index is 5.47. The number of allylic oxidation sites excluding steroid dienone is 1. The fraction of sp³-hybridized carbons (Fsp3) is 0.364. The second-order valence-electron chi connectivity index (χ2n) is 3.52. The molecule has 1 aromatic rings. The molecule has 0 amide bonds. The first kappa shape index (κ1) is 8.45. The summed E-state index contributed by atoms with van der Waals surface area (Å²) >= 11 is 0. The Kier molecular flexibility index (Phi) is 2.15. The van der Waals surface area contributed by atoms with Crippen molar-refractivity contribution in [3.8, 4) is 0 Å². The van der Waals surface area contributed by atoms with E-state index >= 15 is 0 Å². The lowest BCUT2D eigenvalue weighted by Gasteiger charge is -1.91. The van der Waals surface area contributed by atoms with Crippen molar-refractivity contribution in [3.05, 3.63) is 41.7 Å². The molecule has 68 valence electrons. The number of pyridine rings is 1. The standard InChI is InChI=1S/C11H13NO/c1-8(2)7-10-11(13-10)9-5-3-4-6-12-9/h3-7,10-11H,1-2H3. The molecule has 2 rings (SSSR count). The zero-order valence-electron chi connectivity index (χ0n) is 7.90. The molecule has 0 aromatic carbocycles. The first-order chi connectivity index (χ1) is 6.27. The zero-order valence-corrected chi connectivity index (χ0v) is 7.90. The normalized spacial score (nSPS) is 25.4. The second-order valence-corrected chi connectivity index (χ2v) is 3.52. The van der Waals surface area contributed by atoms with Gasteiger partial charge < -0.3 is 4.74 Å². The summed E-state index contributed by atoms with van der Waals surface area (Å²) in [5.41, 5.74) is 2.33. The highest BCUT2D eigenvalue weighted by Crippen LogP contribution is 2.38. The topological polar surface area (TPSA) is 25.4 Å². The molecule has 2 nitrogen and oxygen atoms in total. The van der Waals surface area contributed by atoms with Gasteiger partial charge in [-0.2, -0.15) is 0 Å². The lowest BCUT2D eigenvalue weighted by atomic mass is 10.2. The van der Waals surface area contributed by atoms with Crippen molar-refractivity contribution in [1.29, 1.82) is 0 Å². The van der Waals surface area contributed by atoms with Crippen molar-refractivity contribution in [2.75, 3.05) is 0 Å². The summed E-state index contributed by atoms with van der Waals surface area (Å²) in [5, 5.41) is 0. The molecule has 1 fully saturated rings. The minimum Gasteiger partial charge on any atom is -0.358 e. The van der Waals surface area contributed by atoms with Gasteiger partial charge in [0.05, 0.1) is 5.69 Å². The van der Waals surface area contributed by atoms with Gasteiger partial charge in [0.2, 0.25) is 0 Å². The van der Waals surface area contributed by atoms with E-state index in [2.05, 4.69) is 24.9 Å². The smallest absolute Gasteiger partial charge is 0.130 e. The van der Waals surface area contributed by atoms with E-state index < -0.39 is 0 Å². The number of hydrogen-bond acceptors (Lipinski definition) is 2. The molecular weight excluding hydrogens is 162 g/mol. The van der Waals surface area contributed by atoms with Crippen molar-refractivity contribution in [2.45, 2.75) is 26.1 Å². The van der Waals surface area contributed by atoms with Crippen LogP contribution in [0.4, 0.5) is 0 Å². The minimum absolute atomic E-state index is 0.191. The van der Waals surface area contributed by atoms with Crippen LogP contribution in [-0.4, -0.2) is 11.1 Å². The van der Waals surface area contributed by atoms with E-state index in [9.17, 15) is 0 Å². The third kappa shape index (κ3) is 1.95. The van der Waals surface area contributed by atoms with Crippen molar-refractivity contribution in [1.82, 2.24) is 4.98 Å². The van der Waals surface area contributed by atoms with Crippen molar-refractivity contribution >= 4 is 0 Å². The van der Waals surface area contributed by atoms with Crippen LogP contribution >= 0.6 is 0 Å². The third-order valence-electron chi connectivity index (χ3n) is 2.00. The summed E-state index contributed by atoms with van der Waals surface area (Å²) in [5.74, 6) is 0. The quantitative estimate of drug-likeness (QED) is 0.509. The molecule has 2 heterocycles. The largest absolute Gasteiger partial charge is 0.358 e. The number of nitrogens with zero attached hydrogens (tertiary/aromatic N) is 1. The molecule has 1 aromatic heterocycles. The van der Waals surface area contributed by atoms with E-state index in [0.29, 0.717) is 0 Å². The summed E-state index contributed by atoms with van der Waals surface area (Å²) in [6.45, 7) is 4.16. The molecule has 1 saturated heterocycles. The molecular formula is C11H13NO. The van der Waals surface area contributed by atoms with Crippen LogP contribution in [0.25, 0.3) is 0 Å². The molecule has 2 heteroatoms. The van der Waals surface area contributed by atoms with Crippen LogP contribution in [0.15, 0.2) is 36.0 Å². The summed E-state index contributed by atoms with van der Waals surface area (Å²) in [4.78, 5) is 4.24. The Labute approximate surface area is 78.3 Å². The Morgan fingerprint density at radius 2 is 2.31 bits per heavy atom. The number of hydrogen-bond donors (Lipinski definition) is 0. The number of ether oxygens (including phenoxy) is 1. The van der Waals surface area contributed by atoms with Gasteiger partial charge in [-0.25, -0.2) is 0 Å². The van der Waals surface area contributed by atoms with Gasteiger partial charge in [0, 0.05) is 6.20 Å². The molecule has 0 spiro atoms. The van der Waals surface area contributed by atoms with Crippen LogP contribution in [0.3, 0.4) is 0 Å². The molecule has 0 aliphatic carbocycles. The van der Waals surface area contributed by atoms with Crippen molar-refractivity contribution in [2.24, 2.45) is 0 Å². The minimum atomic E-state index is 0.191. The molecule has 0 bridgehead atoms. The van der Waals surface area contributed by atoms with Crippen LogP contribution < -0.4 is 0 Å². The fourth-order valence-electron chi connectivity index (χ4n) is 1.36. The number of aromatic nitrogens is 1. The first-order valence-corrected chi connectivity index (χ1v) is 4.49. The van der Waals surface area contributed by atoms with Gasteiger partial charge in [-0.3, -0.25) is 4.98 Å². The third-order valence-corrected chi connectivity index (χ3v) is 2.00. The Morgan fingerprint density at radius 3 is 2.92 bits per heavy atom. The van der Waals surface area contributed by atoms with Gasteiger partial charge in [-0.05, 0) is 26.0 Å². The van der Waals surface area contributed by atoms with Crippen LogP contribution in [0.5, 0.6) is 0 Å². The van der Waals surface area contributed by atoms with E-state index in [-0.39, 0.29) is 12.2 Å². The lowest BCUT2D eigenvalue weighted by molar-refractivity contribution is 0.390. The number of rotatable bonds is 2. The highest BCUT2D eigenvalue weighted by atomic mass is 16.6. The fourth-order valence-corrected chi connectivity index (χ4v) is 1.36. The van der Waals surface area contributed by atoms with E-state index in [1.165, 1.54) is 5.57 Å². The number of epoxide rings is 1. The summed E-state index contributed by atoms with van der Waals surface area (Å²) in [7, 11) is 0. The van der Waals surface area contributed by atoms with Crippen molar-refractivity contribution < 1.29 is 4.74 Å². The molecule has 0 N–H and O–H groups in total. The SMILES string of the molecule is CC(C)=CC1OC1c1ccccn1. The molecule has 0 radical (unpaired) electrons. The Bertz CT molecular complexity index is 314. The van der Waals surface area contributed by atoms with Gasteiger partial charge in [0.1, 0.15) is 12.2 Å². The highest BCUT2D eigenvalue weighted by Gasteiger charge is 2.39. The predicted molar refractivity (Wildman–Crippen MR) is 51.3 cm³/mol. The van der Waals surface area contributed by atoms with Crippen LogP contribution in [0.1, 0.15) is 25.6 Å². The predicted octanol–water partition coefficient (Wildman–Crippen LogP) is 2.49. The first-order valence-electron chi connectivity index (χ1n) is 4.49. The summed E-state index contributed by atoms with van der Waals surface area (Å²) < 4.78 is 5.47. The molecule has 1 aliphatic heterocycles. The van der Waals surface area contributed by atoms with Crippen LogP contribution in [0, 0.1) is 0 Å². The Balaban J connectivity index is 2.05. The maximum atomic E-state index is 5.47. The zero-order chi connectivity index (χ0) is 9.26. The van der Waals surface area contributed by atoms with Gasteiger partial charge in [-0.1, -0.05) is 17.7 Å². The van der Waals surface area contributed by atoms with Gasteiger partial charge in [0.15, 0.2) is 0 Å². The van der Waals surface area contributed by atoms with E-state index in [0.717, 1.165) is 5.69 Å². The monoisotopic (exact) mass is 175 g/mol. The van der Waals surface area contributed by atoms with E-state index in [1.807, 2.05) is 18.2 Å². The Morgan fingerprint density at radius 1 is 1.46 bits per heavy atom. The van der Waals surface area contributed by atoms with Gasteiger partial charge in [0.25, 0.3) is 0 Å². The molecule has 2 atom stereocenters. The maximum Gasteiger partial charge on any atom is 0.130 e. The van der Waals surface area contributed by atoms with Gasteiger partial charge >= 0.3 is 0 Å². The van der Waals surface area contributed by atoms with Crippen molar-refractivity contribution in [3.63, 3.8) is 0 Å². The Hall–Kier alpha value is -1.15. The summed E-state index contributed by atoms with van der Waals surface area (Å²) in [6.07, 6.45) is 4.38. The summed E-state index contributed by atoms with van der Waals surface area (Å²) in [6, 6.07) is 5.91. The van der Waals surface area contributed by atoms with E-state index in [4.69, 9.17) is 4.74 Å². The average Bonchev–Trinajstić information content (AvgIpc) is 2.84. The molecule has 13 heavy (non-hydrogen) atoms. The van der Waals surface area contributed by atoms with Crippen LogP contribution in [-0.2, 0) is 4.74 Å². The second kappa shape index (κ2) is 3.30. The van der Waals surface area contributed by atoms with Gasteiger partial charge in [-0.15, -0.1) is 0 Å². The van der Waals surface area contributed by atoms with E-state index in [1.54, 1.807) is 6.20 Å².